The molecule has 0 N–H and O–H groups in total. The molecule has 0 radical (unpaired) electrons. The summed E-state index contributed by atoms with van der Waals surface area (Å²) in [5.74, 6) is 0. The van der Waals surface area contributed by atoms with Crippen molar-refractivity contribution in [2.24, 2.45) is 7.05 Å². The van der Waals surface area contributed by atoms with Crippen molar-refractivity contribution in [3.63, 3.8) is 0 Å². The molecule has 0 saturated carbocycles. The molecule has 0 aliphatic rings. The maximum Gasteiger partial charge on any atom is 0.295 e. The number of nitriles is 1. The fourth-order valence-corrected chi connectivity index (χ4v) is 4.04. The molecule has 5 rings (SSSR count). The minimum atomic E-state index is 0.682. The summed E-state index contributed by atoms with van der Waals surface area (Å²) in [7, 11) is 2.10. The highest BCUT2D eigenvalue weighted by Gasteiger charge is 2.24. The van der Waals surface area contributed by atoms with Crippen molar-refractivity contribution in [3.05, 3.63) is 71.8 Å². The lowest BCUT2D eigenvalue weighted by Gasteiger charge is -2.06. The first kappa shape index (κ1) is 14.0. The second kappa shape index (κ2) is 4.81. The molecule has 0 saturated heterocycles. The molecule has 0 aliphatic carbocycles. The summed E-state index contributed by atoms with van der Waals surface area (Å²) in [5.41, 5.74) is 6.46. The summed E-state index contributed by atoms with van der Waals surface area (Å²) in [5, 5.41) is 13.1. The zero-order valence-electron chi connectivity index (χ0n) is 14.1. The van der Waals surface area contributed by atoms with Crippen molar-refractivity contribution in [2.75, 3.05) is 0 Å². The smallest absolute Gasteiger partial charge is 0.225 e. The van der Waals surface area contributed by atoms with Crippen molar-refractivity contribution >= 4 is 38.4 Å². The van der Waals surface area contributed by atoms with E-state index in [1.165, 1.54) is 21.7 Å². The summed E-state index contributed by atoms with van der Waals surface area (Å²) in [4.78, 5) is 0. The number of imidazole rings is 1. The summed E-state index contributed by atoms with van der Waals surface area (Å²) in [6, 6.07) is 23.2. The topological polar surface area (TPSA) is 32.1 Å². The zero-order chi connectivity index (χ0) is 17.1. The molecule has 3 heteroatoms. The average Bonchev–Trinajstić information content (AvgIpc) is 2.94. The first-order valence-corrected chi connectivity index (χ1v) is 8.35. The van der Waals surface area contributed by atoms with Crippen LogP contribution < -0.4 is 4.57 Å². The van der Waals surface area contributed by atoms with Gasteiger partial charge in [0, 0.05) is 16.8 Å². The molecule has 0 atom stereocenters. The first-order valence-electron chi connectivity index (χ1n) is 8.35. The molecule has 0 unspecified atom stereocenters. The highest BCUT2D eigenvalue weighted by Crippen LogP contribution is 2.33. The van der Waals surface area contributed by atoms with E-state index in [1.54, 1.807) is 0 Å². The van der Waals surface area contributed by atoms with E-state index >= 15 is 0 Å². The van der Waals surface area contributed by atoms with Gasteiger partial charge in [-0.05, 0) is 30.7 Å². The number of nitrogens with zero attached hydrogens (tertiary/aromatic N) is 3. The molecule has 0 aliphatic heterocycles. The Labute approximate surface area is 145 Å². The maximum atomic E-state index is 9.34. The summed E-state index contributed by atoms with van der Waals surface area (Å²) < 4.78 is 4.53. The summed E-state index contributed by atoms with van der Waals surface area (Å²) in [6.07, 6.45) is 0. The monoisotopic (exact) mass is 322 g/mol. The molecule has 0 fully saturated rings. The van der Waals surface area contributed by atoms with Crippen LogP contribution in [0.4, 0.5) is 0 Å². The van der Waals surface area contributed by atoms with Crippen LogP contribution >= 0.6 is 0 Å². The molecule has 25 heavy (non-hydrogen) atoms. The van der Waals surface area contributed by atoms with Crippen molar-refractivity contribution < 1.29 is 4.57 Å². The minimum absolute atomic E-state index is 0.682. The van der Waals surface area contributed by atoms with Gasteiger partial charge in [-0.3, -0.25) is 0 Å². The normalized spacial score (nSPS) is 11.6. The zero-order valence-corrected chi connectivity index (χ0v) is 14.1. The molecule has 3 aromatic carbocycles. The summed E-state index contributed by atoms with van der Waals surface area (Å²) >= 11 is 0. The van der Waals surface area contributed by atoms with Crippen LogP contribution in [0.15, 0.2) is 60.7 Å². The van der Waals surface area contributed by atoms with Gasteiger partial charge in [0.15, 0.2) is 11.0 Å². The minimum Gasteiger partial charge on any atom is -0.225 e. The fraction of sp³-hybridized carbons (Fsp3) is 0.0909. The largest absolute Gasteiger partial charge is 0.295 e. The van der Waals surface area contributed by atoms with Crippen LogP contribution in [-0.2, 0) is 7.05 Å². The third-order valence-electron chi connectivity index (χ3n) is 5.17. The molecular weight excluding hydrogens is 306 g/mol. The van der Waals surface area contributed by atoms with E-state index in [1.807, 2.05) is 18.2 Å². The third kappa shape index (κ3) is 1.71. The van der Waals surface area contributed by atoms with E-state index in [0.29, 0.717) is 5.56 Å². The number of fused-ring (bicyclic) bond motifs is 8. The van der Waals surface area contributed by atoms with Crippen LogP contribution in [0.3, 0.4) is 0 Å². The van der Waals surface area contributed by atoms with Gasteiger partial charge in [0.25, 0.3) is 5.65 Å². The van der Waals surface area contributed by atoms with E-state index in [4.69, 9.17) is 0 Å². The van der Waals surface area contributed by atoms with Gasteiger partial charge in [0.2, 0.25) is 0 Å². The van der Waals surface area contributed by atoms with Gasteiger partial charge < -0.3 is 0 Å². The van der Waals surface area contributed by atoms with E-state index in [0.717, 1.165) is 22.2 Å². The molecule has 3 nitrogen and oxygen atoms in total. The molecule has 0 amide bonds. The number of aryl methyl sites for hydroxylation is 2. The molecule has 118 valence electrons. The maximum absolute atomic E-state index is 9.34. The van der Waals surface area contributed by atoms with Crippen LogP contribution in [0.5, 0.6) is 0 Å². The fourth-order valence-electron chi connectivity index (χ4n) is 4.04. The van der Waals surface area contributed by atoms with Gasteiger partial charge in [0.05, 0.1) is 24.1 Å². The van der Waals surface area contributed by atoms with Gasteiger partial charge in [-0.1, -0.05) is 36.4 Å². The first-order chi connectivity index (χ1) is 12.2. The van der Waals surface area contributed by atoms with E-state index < -0.39 is 0 Å². The Bertz CT molecular complexity index is 1370. The second-order valence-electron chi connectivity index (χ2n) is 6.55. The van der Waals surface area contributed by atoms with Crippen molar-refractivity contribution in [1.82, 2.24) is 4.40 Å². The molecule has 0 spiro atoms. The average molecular weight is 322 g/mol. The second-order valence-corrected chi connectivity index (χ2v) is 6.55. The van der Waals surface area contributed by atoms with Gasteiger partial charge in [-0.2, -0.15) is 9.66 Å². The Morgan fingerprint density at radius 1 is 0.920 bits per heavy atom. The predicted molar refractivity (Wildman–Crippen MR) is 101 cm³/mol. The number of pyridine rings is 1. The highest BCUT2D eigenvalue weighted by molar-refractivity contribution is 6.13. The molecular formula is C22H16N3+. The lowest BCUT2D eigenvalue weighted by atomic mass is 10.0. The van der Waals surface area contributed by atoms with Crippen LogP contribution in [-0.4, -0.2) is 4.40 Å². The lowest BCUT2D eigenvalue weighted by molar-refractivity contribution is -0.617. The highest BCUT2D eigenvalue weighted by atomic mass is 15.1. The number of benzene rings is 3. The Morgan fingerprint density at radius 2 is 1.72 bits per heavy atom. The number of rotatable bonds is 0. The van der Waals surface area contributed by atoms with Crippen LogP contribution in [0, 0.1) is 18.3 Å². The van der Waals surface area contributed by atoms with Crippen molar-refractivity contribution in [2.45, 2.75) is 6.92 Å². The van der Waals surface area contributed by atoms with Crippen LogP contribution in [0.25, 0.3) is 38.4 Å². The molecule has 5 aromatic rings. The lowest BCUT2D eigenvalue weighted by Crippen LogP contribution is -2.27. The molecule has 0 bridgehead atoms. The van der Waals surface area contributed by atoms with Crippen molar-refractivity contribution in [3.8, 4) is 6.07 Å². The molecule has 2 aromatic heterocycles. The number of hydrogen-bond acceptors (Lipinski definition) is 1. The predicted octanol–water partition coefficient (Wildman–Crippen LogP) is 4.40. The Hall–Kier alpha value is -3.38. The van der Waals surface area contributed by atoms with Gasteiger partial charge >= 0.3 is 0 Å². The Balaban J connectivity index is 2.24. The number of aromatic nitrogens is 2. The number of hydrogen-bond donors (Lipinski definition) is 0. The van der Waals surface area contributed by atoms with E-state index in [-0.39, 0.29) is 0 Å². The van der Waals surface area contributed by atoms with Gasteiger partial charge in [0.1, 0.15) is 5.52 Å². The SMILES string of the molecule is Cc1cccc2c3ccccc3n3c4cc(C#N)ccc4[n+](C)c3c12. The number of para-hydroxylation sites is 1. The third-order valence-corrected chi connectivity index (χ3v) is 5.17. The molecule has 2 heterocycles. The van der Waals surface area contributed by atoms with Crippen LogP contribution in [0.2, 0.25) is 0 Å². The quantitative estimate of drug-likeness (QED) is 0.307. The Morgan fingerprint density at radius 3 is 2.56 bits per heavy atom. The van der Waals surface area contributed by atoms with Gasteiger partial charge in [-0.25, -0.2) is 4.57 Å². The van der Waals surface area contributed by atoms with Crippen molar-refractivity contribution in [1.29, 1.82) is 5.26 Å². The summed E-state index contributed by atoms with van der Waals surface area (Å²) in [6.45, 7) is 2.16. The van der Waals surface area contributed by atoms with E-state index in [9.17, 15) is 5.26 Å². The Kier molecular flexibility index (Phi) is 2.69. The van der Waals surface area contributed by atoms with E-state index in [2.05, 4.69) is 71.5 Å². The van der Waals surface area contributed by atoms with Crippen LogP contribution in [0.1, 0.15) is 11.1 Å². The van der Waals surface area contributed by atoms with Gasteiger partial charge in [-0.15, -0.1) is 0 Å². The standard InChI is InChI=1S/C22H16N3/c1-14-6-5-8-17-16-7-3-4-9-18(16)25-20-12-15(13-23)10-11-19(20)24(2)22(25)21(14)17/h3-12H,1-2H3/q+1.